The van der Waals surface area contributed by atoms with Gasteiger partial charge in [0.05, 0.1) is 26.4 Å². The summed E-state index contributed by atoms with van der Waals surface area (Å²) in [5.41, 5.74) is 0. The first-order valence-corrected chi connectivity index (χ1v) is 44.8. The number of phosphoric ester groups is 2. The summed E-state index contributed by atoms with van der Waals surface area (Å²) in [6, 6.07) is 0. The van der Waals surface area contributed by atoms with E-state index < -0.39 is 91.5 Å². The molecule has 16 nitrogen and oxygen atoms in total. The van der Waals surface area contributed by atoms with E-state index in [9.17, 15) is 43.5 Å². The van der Waals surface area contributed by atoms with Crippen molar-refractivity contribution in [1.29, 1.82) is 0 Å². The van der Waals surface area contributed by atoms with Crippen LogP contribution in [0.3, 0.4) is 0 Å². The van der Waals surface area contributed by atoms with Gasteiger partial charge in [-0.2, -0.15) is 0 Å². The van der Waals surface area contributed by atoms with Crippen LogP contribution in [0.1, 0.15) is 355 Å². The first kappa shape index (κ1) is 101. The third-order valence-corrected chi connectivity index (χ3v) is 19.6. The van der Waals surface area contributed by atoms with Crippen LogP contribution in [0, 0.1) is 0 Å². The van der Waals surface area contributed by atoms with E-state index in [1.807, 2.05) is 0 Å². The van der Waals surface area contributed by atoms with Crippen LogP contribution in [0.4, 0.5) is 0 Å². The number of esters is 3. The highest BCUT2D eigenvalue weighted by Crippen LogP contribution is 2.45. The number of hydrogen-bond donors (Lipinski definition) is 4. The van der Waals surface area contributed by atoms with Gasteiger partial charge in [0.1, 0.15) is 25.4 Å². The maximum atomic E-state index is 13.0. The number of carbonyl (C=O) groups excluding carboxylic acids is 3. The molecule has 0 radical (unpaired) electrons. The molecule has 18 heteroatoms. The monoisotopic (exact) mass is 1520 g/mol. The second kappa shape index (κ2) is 79.5. The van der Waals surface area contributed by atoms with Gasteiger partial charge >= 0.3 is 33.6 Å². The number of aliphatic hydroxyl groups excluding tert-OH is 2. The number of hydrogen-bond acceptors (Lipinski definition) is 14. The van der Waals surface area contributed by atoms with Crippen LogP contribution in [-0.4, -0.2) is 95.9 Å². The predicted octanol–water partition coefficient (Wildman–Crippen LogP) is 24.9. The number of ether oxygens (including phenoxy) is 3. The van der Waals surface area contributed by atoms with Gasteiger partial charge in [0.2, 0.25) is 0 Å². The summed E-state index contributed by atoms with van der Waals surface area (Å²) in [5, 5.41) is 20.7. The van der Waals surface area contributed by atoms with Gasteiger partial charge in [0, 0.05) is 19.3 Å². The molecule has 0 fully saturated rings. The van der Waals surface area contributed by atoms with Gasteiger partial charge in [-0.25, -0.2) is 9.13 Å². The van der Waals surface area contributed by atoms with Crippen molar-refractivity contribution in [2.24, 2.45) is 0 Å². The fourth-order valence-corrected chi connectivity index (χ4v) is 13.0. The topological polar surface area (TPSA) is 231 Å². The average Bonchev–Trinajstić information content (AvgIpc) is 0.940. The molecular formula is C87H152O16P2. The quantitative estimate of drug-likeness (QED) is 0.0146. The van der Waals surface area contributed by atoms with Gasteiger partial charge in [-0.3, -0.25) is 32.5 Å². The molecule has 5 unspecified atom stereocenters. The predicted molar refractivity (Wildman–Crippen MR) is 436 cm³/mol. The molecule has 0 saturated heterocycles. The van der Waals surface area contributed by atoms with E-state index in [1.54, 1.807) is 0 Å². The molecule has 0 amide bonds. The van der Waals surface area contributed by atoms with Crippen LogP contribution in [0.2, 0.25) is 0 Å². The molecule has 0 aliphatic heterocycles. The fourth-order valence-electron chi connectivity index (χ4n) is 11.4. The van der Waals surface area contributed by atoms with Crippen molar-refractivity contribution < 1.29 is 75.8 Å². The van der Waals surface area contributed by atoms with Crippen molar-refractivity contribution in [2.45, 2.75) is 373 Å². The highest BCUT2D eigenvalue weighted by Gasteiger charge is 2.29. The Labute approximate surface area is 640 Å². The van der Waals surface area contributed by atoms with Crippen molar-refractivity contribution in [3.8, 4) is 0 Å². The zero-order valence-electron chi connectivity index (χ0n) is 66.4. The summed E-state index contributed by atoms with van der Waals surface area (Å²) >= 11 is 0. The summed E-state index contributed by atoms with van der Waals surface area (Å²) < 4.78 is 61.2. The Balaban J connectivity index is 4.45. The number of aliphatic hydroxyl groups is 2. The molecule has 0 rings (SSSR count). The summed E-state index contributed by atoms with van der Waals surface area (Å²) in [5.74, 6) is -1.58. The molecule has 606 valence electrons. The van der Waals surface area contributed by atoms with Crippen LogP contribution in [0.15, 0.2) is 122 Å². The van der Waals surface area contributed by atoms with Crippen molar-refractivity contribution >= 4 is 33.6 Å². The number of phosphoric acid groups is 2. The third-order valence-electron chi connectivity index (χ3n) is 17.7. The Morgan fingerprint density at radius 2 is 0.505 bits per heavy atom. The Hall–Kier alpha value is -4.05. The van der Waals surface area contributed by atoms with E-state index in [1.165, 1.54) is 154 Å². The summed E-state index contributed by atoms with van der Waals surface area (Å²) in [6.45, 7) is 2.48. The van der Waals surface area contributed by atoms with Crippen LogP contribution in [0.25, 0.3) is 0 Å². The molecule has 4 N–H and O–H groups in total. The first-order chi connectivity index (χ1) is 51.2. The molecule has 5 atom stereocenters. The van der Waals surface area contributed by atoms with Crippen LogP contribution >= 0.6 is 15.6 Å². The Kier molecular flexibility index (Phi) is 76.4. The number of carbonyl (C=O) groups is 3. The van der Waals surface area contributed by atoms with Crippen molar-refractivity contribution in [3.63, 3.8) is 0 Å². The minimum Gasteiger partial charge on any atom is -0.463 e. The fraction of sp³-hybridized carbons (Fsp3) is 0.736. The lowest BCUT2D eigenvalue weighted by atomic mass is 10.0. The SMILES string of the molecule is CC/C=C\C/C=C\C/C=C\C/C=C\C/C=C\CCCCCCCCCCCCCCCCCCCC(=O)OCC(O)COP(=O)(O)OCC(O)COP(=O)(O)OCC(COC(=O)CCCCCCC/C=C\C/C=C\C/C=C\C/C=C\C/C=C\CC)OC(=O)CCCCCCCCCCCCCCCCC. The Morgan fingerprint density at radius 3 is 0.800 bits per heavy atom. The zero-order valence-corrected chi connectivity index (χ0v) is 68.2. The smallest absolute Gasteiger partial charge is 0.463 e. The summed E-state index contributed by atoms with van der Waals surface area (Å²) in [6.07, 6.45) is 95.4. The van der Waals surface area contributed by atoms with E-state index in [-0.39, 0.29) is 19.3 Å². The van der Waals surface area contributed by atoms with Crippen LogP contribution < -0.4 is 0 Å². The largest absolute Gasteiger partial charge is 0.472 e. The average molecular weight is 1520 g/mol. The summed E-state index contributed by atoms with van der Waals surface area (Å²) in [4.78, 5) is 58.7. The molecule has 0 aliphatic rings. The molecule has 0 heterocycles. The molecular weight excluding hydrogens is 1360 g/mol. The van der Waals surface area contributed by atoms with Gasteiger partial charge in [-0.05, 0) is 109 Å². The lowest BCUT2D eigenvalue weighted by Crippen LogP contribution is -2.30. The van der Waals surface area contributed by atoms with E-state index in [0.29, 0.717) is 19.3 Å². The normalized spacial score (nSPS) is 14.5. The molecule has 0 aromatic rings. The first-order valence-electron chi connectivity index (χ1n) is 41.8. The van der Waals surface area contributed by atoms with E-state index in [2.05, 4.69) is 142 Å². The zero-order chi connectivity index (χ0) is 76.6. The minimum atomic E-state index is -4.93. The van der Waals surface area contributed by atoms with E-state index in [0.717, 1.165) is 141 Å². The van der Waals surface area contributed by atoms with Gasteiger partial charge in [0.15, 0.2) is 6.10 Å². The third kappa shape index (κ3) is 80.8. The minimum absolute atomic E-state index is 0.103. The summed E-state index contributed by atoms with van der Waals surface area (Å²) in [7, 11) is -9.79. The molecule has 0 aromatic carbocycles. The highest BCUT2D eigenvalue weighted by molar-refractivity contribution is 7.47. The molecule has 105 heavy (non-hydrogen) atoms. The van der Waals surface area contributed by atoms with Gasteiger partial charge in [0.25, 0.3) is 0 Å². The van der Waals surface area contributed by atoms with Crippen molar-refractivity contribution in [3.05, 3.63) is 122 Å². The lowest BCUT2D eigenvalue weighted by molar-refractivity contribution is -0.161. The van der Waals surface area contributed by atoms with E-state index >= 15 is 0 Å². The Morgan fingerprint density at radius 1 is 0.276 bits per heavy atom. The highest BCUT2D eigenvalue weighted by atomic mass is 31.2. The molecule has 0 aliphatic carbocycles. The van der Waals surface area contributed by atoms with Gasteiger partial charge < -0.3 is 34.2 Å². The number of allylic oxidation sites excluding steroid dienone is 20. The maximum absolute atomic E-state index is 13.0. The van der Waals surface area contributed by atoms with E-state index in [4.69, 9.17) is 32.3 Å². The van der Waals surface area contributed by atoms with Crippen LogP contribution in [0.5, 0.6) is 0 Å². The molecule has 0 saturated carbocycles. The van der Waals surface area contributed by atoms with Gasteiger partial charge in [-0.15, -0.1) is 0 Å². The molecule has 0 aromatic heterocycles. The second-order valence-corrected chi connectivity index (χ2v) is 30.8. The number of rotatable bonds is 79. The standard InChI is InChI=1S/C87H152O16P2/c1-4-7-10-13-16-19-22-25-28-30-32-34-35-36-37-38-39-40-41-42-43-44-45-47-49-50-53-55-58-61-64-67-70-73-85(90)97-76-82(88)77-99-104(93,94)100-78-83(89)79-101-105(95,96)102-81-84(103-87(92)75-72-69-66-63-60-57-52-27-24-21-18-15-12-9-6-3)80-98-86(91)74-71-68-65-62-59-56-54-51-48-46-33-31-29-26-23-20-17-14-11-8-5-2/h7-8,10-11,16-17,19-20,25-26,28-29,32-34,36-37,46,51,54,82-84,88-89H,4-6,9,12-15,18,21-24,27,30-31,35,38-45,47-50,52-53,55-81H2,1-3H3,(H,93,94)(H,95,96)/b10-7-,11-8-,19-16-,20-17-,28-25-,29-26-,34-32-,37-36-,46-33-,54-51-. The lowest BCUT2D eigenvalue weighted by Gasteiger charge is -2.21. The number of unbranched alkanes of at least 4 members (excludes halogenated alkanes) is 36. The Bertz CT molecular complexity index is 2390. The molecule has 0 spiro atoms. The van der Waals surface area contributed by atoms with Crippen LogP contribution in [-0.2, 0) is 55.8 Å². The van der Waals surface area contributed by atoms with Crippen molar-refractivity contribution in [2.75, 3.05) is 39.6 Å². The second-order valence-electron chi connectivity index (χ2n) is 27.9. The van der Waals surface area contributed by atoms with Gasteiger partial charge in [-0.1, -0.05) is 348 Å². The maximum Gasteiger partial charge on any atom is 0.472 e. The van der Waals surface area contributed by atoms with Crippen molar-refractivity contribution in [1.82, 2.24) is 0 Å². The molecule has 0 bridgehead atoms.